The third-order valence-corrected chi connectivity index (χ3v) is 5.56. The first-order valence-electron chi connectivity index (χ1n) is 9.47. The average Bonchev–Trinajstić information content (AvgIpc) is 3.41. The number of nitrogens with two attached hydrogens (primary N) is 1. The zero-order valence-electron chi connectivity index (χ0n) is 16.5. The molecule has 2 aromatic heterocycles. The SMILES string of the molecule is COc1ccc(C2=NN(C(N)=S)C(c3cc4ccc(C)cc4n4nnnc34)C2)cc1. The molecule has 150 valence electrons. The molecule has 1 aliphatic rings. The Bertz CT molecular complexity index is 1310. The van der Waals surface area contributed by atoms with E-state index in [1.807, 2.05) is 31.2 Å². The average molecular weight is 417 g/mol. The molecule has 0 aliphatic carbocycles. The molecule has 1 aliphatic heterocycles. The molecule has 3 heterocycles. The van der Waals surface area contributed by atoms with Crippen LogP contribution in [0, 0.1) is 6.92 Å². The summed E-state index contributed by atoms with van der Waals surface area (Å²) in [5, 5.41) is 20.0. The van der Waals surface area contributed by atoms with Crippen molar-refractivity contribution in [2.24, 2.45) is 10.8 Å². The number of aryl methyl sites for hydroxylation is 1. The number of aromatic nitrogens is 4. The zero-order valence-corrected chi connectivity index (χ0v) is 17.3. The van der Waals surface area contributed by atoms with E-state index in [1.54, 1.807) is 16.6 Å². The summed E-state index contributed by atoms with van der Waals surface area (Å²) in [6.45, 7) is 2.05. The quantitative estimate of drug-likeness (QED) is 0.512. The largest absolute Gasteiger partial charge is 0.497 e. The molecule has 2 N–H and O–H groups in total. The van der Waals surface area contributed by atoms with Crippen molar-refractivity contribution in [3.63, 3.8) is 0 Å². The molecule has 1 unspecified atom stereocenters. The van der Waals surface area contributed by atoms with E-state index in [9.17, 15) is 0 Å². The maximum absolute atomic E-state index is 6.04. The van der Waals surface area contributed by atoms with Gasteiger partial charge in [-0.2, -0.15) is 9.62 Å². The first kappa shape index (κ1) is 18.4. The number of fused-ring (bicyclic) bond motifs is 3. The number of hydrogen-bond acceptors (Lipinski definition) is 6. The molecule has 0 amide bonds. The van der Waals surface area contributed by atoms with Crippen LogP contribution in [0.1, 0.15) is 29.2 Å². The molecule has 1 atom stereocenters. The Morgan fingerprint density at radius 2 is 1.97 bits per heavy atom. The second-order valence-corrected chi connectivity index (χ2v) is 7.67. The number of pyridine rings is 1. The van der Waals surface area contributed by atoms with Crippen LogP contribution in [0.5, 0.6) is 5.75 Å². The molecular formula is C21H19N7OS. The van der Waals surface area contributed by atoms with Crippen molar-refractivity contribution in [1.82, 2.24) is 25.0 Å². The van der Waals surface area contributed by atoms with Crippen molar-refractivity contribution in [2.75, 3.05) is 7.11 Å². The van der Waals surface area contributed by atoms with Gasteiger partial charge in [0.1, 0.15) is 5.75 Å². The predicted octanol–water partition coefficient (Wildman–Crippen LogP) is 2.99. The predicted molar refractivity (Wildman–Crippen MR) is 119 cm³/mol. The van der Waals surface area contributed by atoms with Crippen molar-refractivity contribution in [3.05, 3.63) is 65.2 Å². The lowest BCUT2D eigenvalue weighted by atomic mass is 9.97. The molecule has 0 saturated carbocycles. The maximum Gasteiger partial charge on any atom is 0.187 e. The van der Waals surface area contributed by atoms with Crippen molar-refractivity contribution >= 4 is 39.6 Å². The Labute approximate surface area is 177 Å². The van der Waals surface area contributed by atoms with Gasteiger partial charge in [-0.05, 0) is 77.1 Å². The highest BCUT2D eigenvalue weighted by Gasteiger charge is 2.33. The number of hydrazone groups is 1. The van der Waals surface area contributed by atoms with E-state index in [0.717, 1.165) is 39.1 Å². The van der Waals surface area contributed by atoms with Gasteiger partial charge in [0.15, 0.2) is 10.8 Å². The molecule has 0 spiro atoms. The highest BCUT2D eigenvalue weighted by atomic mass is 32.1. The van der Waals surface area contributed by atoms with E-state index in [2.05, 4.69) is 39.8 Å². The molecule has 30 heavy (non-hydrogen) atoms. The number of rotatable bonds is 3. The Morgan fingerprint density at radius 1 is 1.17 bits per heavy atom. The summed E-state index contributed by atoms with van der Waals surface area (Å²) in [6, 6.07) is 15.9. The first-order valence-corrected chi connectivity index (χ1v) is 9.88. The van der Waals surface area contributed by atoms with Gasteiger partial charge in [-0.25, -0.2) is 5.01 Å². The molecule has 0 saturated heterocycles. The van der Waals surface area contributed by atoms with Gasteiger partial charge in [0.25, 0.3) is 0 Å². The summed E-state index contributed by atoms with van der Waals surface area (Å²) >= 11 is 5.31. The summed E-state index contributed by atoms with van der Waals surface area (Å²) in [4.78, 5) is 0. The van der Waals surface area contributed by atoms with Gasteiger partial charge >= 0.3 is 0 Å². The monoisotopic (exact) mass is 417 g/mol. The molecule has 9 heteroatoms. The van der Waals surface area contributed by atoms with Gasteiger partial charge in [-0.1, -0.05) is 12.1 Å². The molecule has 8 nitrogen and oxygen atoms in total. The van der Waals surface area contributed by atoms with Crippen LogP contribution in [0.15, 0.2) is 53.6 Å². The summed E-state index contributed by atoms with van der Waals surface area (Å²) in [5.74, 6) is 0.793. The number of methoxy groups -OCH3 is 1. The molecule has 0 bridgehead atoms. The lowest BCUT2D eigenvalue weighted by Gasteiger charge is -2.22. The van der Waals surface area contributed by atoms with E-state index < -0.39 is 0 Å². The van der Waals surface area contributed by atoms with Crippen LogP contribution in [0.2, 0.25) is 0 Å². The zero-order chi connectivity index (χ0) is 20.8. The molecule has 2 aromatic carbocycles. The minimum Gasteiger partial charge on any atom is -0.497 e. The molecular weight excluding hydrogens is 398 g/mol. The minimum absolute atomic E-state index is 0.196. The third-order valence-electron chi connectivity index (χ3n) is 5.37. The van der Waals surface area contributed by atoms with Crippen LogP contribution in [0.3, 0.4) is 0 Å². The molecule has 5 rings (SSSR count). The topological polar surface area (TPSA) is 93.9 Å². The Morgan fingerprint density at radius 3 is 2.70 bits per heavy atom. The number of hydrogen-bond donors (Lipinski definition) is 1. The highest BCUT2D eigenvalue weighted by Crippen LogP contribution is 2.36. The number of nitrogens with zero attached hydrogens (tertiary/aromatic N) is 6. The standard InChI is InChI=1S/C21H19N7OS/c1-12-3-4-14-10-16(20-23-25-26-27(20)18(14)9-12)19-11-17(24-28(19)21(22)30)13-5-7-15(29-2)8-6-13/h3-10,19H,11H2,1-2H3,(H2,22,30). The van der Waals surface area contributed by atoms with Crippen LogP contribution in [-0.4, -0.2) is 43.0 Å². The van der Waals surface area contributed by atoms with Crippen LogP contribution < -0.4 is 10.5 Å². The van der Waals surface area contributed by atoms with Gasteiger partial charge in [0.2, 0.25) is 0 Å². The second-order valence-electron chi connectivity index (χ2n) is 7.25. The fourth-order valence-corrected chi connectivity index (χ4v) is 4.05. The van der Waals surface area contributed by atoms with Crippen LogP contribution in [0.4, 0.5) is 0 Å². The number of thiocarbonyl (C=S) groups is 1. The van der Waals surface area contributed by atoms with Crippen LogP contribution in [-0.2, 0) is 0 Å². The summed E-state index contributed by atoms with van der Waals surface area (Å²) in [7, 11) is 1.64. The maximum atomic E-state index is 6.04. The van der Waals surface area contributed by atoms with Gasteiger partial charge in [0.05, 0.1) is 24.4 Å². The smallest absolute Gasteiger partial charge is 0.187 e. The summed E-state index contributed by atoms with van der Waals surface area (Å²) in [5.41, 5.74) is 11.6. The van der Waals surface area contributed by atoms with E-state index in [4.69, 9.17) is 27.8 Å². The minimum atomic E-state index is -0.196. The summed E-state index contributed by atoms with van der Waals surface area (Å²) in [6.07, 6.45) is 0.629. The van der Waals surface area contributed by atoms with Gasteiger partial charge in [0, 0.05) is 17.4 Å². The van der Waals surface area contributed by atoms with E-state index in [1.165, 1.54) is 0 Å². The molecule has 0 radical (unpaired) electrons. The van der Waals surface area contributed by atoms with E-state index in [0.29, 0.717) is 12.1 Å². The van der Waals surface area contributed by atoms with E-state index >= 15 is 0 Å². The van der Waals surface area contributed by atoms with Gasteiger partial charge in [-0.3, -0.25) is 0 Å². The normalized spacial score (nSPS) is 16.3. The lowest BCUT2D eigenvalue weighted by molar-refractivity contribution is 0.374. The molecule has 4 aromatic rings. The number of benzene rings is 2. The third kappa shape index (κ3) is 2.94. The number of tetrazole rings is 1. The molecule has 0 fully saturated rings. The fourth-order valence-electron chi connectivity index (χ4n) is 3.88. The Hall–Kier alpha value is -3.59. The van der Waals surface area contributed by atoms with Crippen molar-refractivity contribution in [1.29, 1.82) is 0 Å². The first-order chi connectivity index (χ1) is 14.5. The lowest BCUT2D eigenvalue weighted by Crippen LogP contribution is -2.32. The van der Waals surface area contributed by atoms with Crippen LogP contribution in [0.25, 0.3) is 16.6 Å². The number of ether oxygens (including phenoxy) is 1. The fraction of sp³-hybridized carbons (Fsp3) is 0.190. The van der Waals surface area contributed by atoms with Gasteiger partial charge < -0.3 is 10.5 Å². The van der Waals surface area contributed by atoms with Crippen molar-refractivity contribution in [2.45, 2.75) is 19.4 Å². The van der Waals surface area contributed by atoms with Crippen molar-refractivity contribution in [3.8, 4) is 5.75 Å². The highest BCUT2D eigenvalue weighted by molar-refractivity contribution is 7.80. The summed E-state index contributed by atoms with van der Waals surface area (Å²) < 4.78 is 7.02. The Kier molecular flexibility index (Phi) is 4.32. The van der Waals surface area contributed by atoms with Crippen LogP contribution >= 0.6 is 12.2 Å². The Balaban J connectivity index is 1.62. The van der Waals surface area contributed by atoms with Crippen molar-refractivity contribution < 1.29 is 4.74 Å². The van der Waals surface area contributed by atoms with Gasteiger partial charge in [-0.15, -0.1) is 5.10 Å². The second kappa shape index (κ2) is 7.03. The van der Waals surface area contributed by atoms with E-state index in [-0.39, 0.29) is 11.2 Å².